The Hall–Kier alpha value is -1.68. The minimum Gasteiger partial charge on any atom is -0.389 e. The number of hydrogen-bond acceptors (Lipinski definition) is 3. The van der Waals surface area contributed by atoms with Gasteiger partial charge in [-0.1, -0.05) is 30.3 Å². The van der Waals surface area contributed by atoms with Crippen molar-refractivity contribution in [2.45, 2.75) is 45.3 Å². The zero-order valence-corrected chi connectivity index (χ0v) is 11.7. The lowest BCUT2D eigenvalue weighted by molar-refractivity contribution is 0.0573. The Bertz CT molecular complexity index is 517. The summed E-state index contributed by atoms with van der Waals surface area (Å²) in [6, 6.07) is 10.3. The third-order valence-electron chi connectivity index (χ3n) is 3.10. The van der Waals surface area contributed by atoms with E-state index in [1.165, 1.54) is 0 Å². The van der Waals surface area contributed by atoms with Crippen molar-refractivity contribution < 1.29 is 5.11 Å². The van der Waals surface area contributed by atoms with E-state index in [1.54, 1.807) is 6.33 Å². The largest absolute Gasteiger partial charge is 0.389 e. The number of benzene rings is 1. The van der Waals surface area contributed by atoms with E-state index >= 15 is 0 Å². The first-order chi connectivity index (χ1) is 8.98. The van der Waals surface area contributed by atoms with Gasteiger partial charge in [-0.3, -0.25) is 0 Å². The Morgan fingerprint density at radius 2 is 1.89 bits per heavy atom. The highest BCUT2D eigenvalue weighted by Crippen LogP contribution is 2.19. The standard InChI is InChI=1S/C15H21N3O/c1-12(2)18-14(16-11-17-18)10-15(3,19)9-13-7-5-4-6-8-13/h4-8,11-12,19H,9-10H2,1-3H3. The van der Waals surface area contributed by atoms with Crippen molar-refractivity contribution in [2.75, 3.05) is 0 Å². The van der Waals surface area contributed by atoms with Gasteiger partial charge in [-0.25, -0.2) is 9.67 Å². The molecule has 2 rings (SSSR count). The summed E-state index contributed by atoms with van der Waals surface area (Å²) in [7, 11) is 0. The summed E-state index contributed by atoms with van der Waals surface area (Å²) in [4.78, 5) is 4.26. The SMILES string of the molecule is CC(C)n1ncnc1CC(C)(O)Cc1ccccc1. The van der Waals surface area contributed by atoms with E-state index in [9.17, 15) is 5.11 Å². The third-order valence-corrected chi connectivity index (χ3v) is 3.10. The molecule has 0 aliphatic rings. The van der Waals surface area contributed by atoms with Crippen LogP contribution in [0.2, 0.25) is 0 Å². The highest BCUT2D eigenvalue weighted by Gasteiger charge is 2.24. The average Bonchev–Trinajstić information content (AvgIpc) is 2.77. The quantitative estimate of drug-likeness (QED) is 0.897. The van der Waals surface area contributed by atoms with Gasteiger partial charge in [0, 0.05) is 18.9 Å². The molecule has 1 atom stereocenters. The Morgan fingerprint density at radius 3 is 2.53 bits per heavy atom. The normalized spacial score (nSPS) is 14.6. The van der Waals surface area contributed by atoms with Gasteiger partial charge >= 0.3 is 0 Å². The number of aliphatic hydroxyl groups is 1. The molecule has 1 aromatic heterocycles. The van der Waals surface area contributed by atoms with E-state index in [0.29, 0.717) is 12.8 Å². The van der Waals surface area contributed by atoms with Gasteiger partial charge in [0.15, 0.2) is 0 Å². The van der Waals surface area contributed by atoms with Gasteiger partial charge in [0.1, 0.15) is 12.2 Å². The molecule has 4 heteroatoms. The molecule has 2 aromatic rings. The molecule has 1 N–H and O–H groups in total. The average molecular weight is 259 g/mol. The summed E-state index contributed by atoms with van der Waals surface area (Å²) < 4.78 is 1.86. The van der Waals surface area contributed by atoms with Gasteiger partial charge < -0.3 is 5.11 Å². The number of aromatic nitrogens is 3. The number of hydrogen-bond donors (Lipinski definition) is 1. The zero-order valence-electron chi connectivity index (χ0n) is 11.7. The van der Waals surface area contributed by atoms with Crippen molar-refractivity contribution in [1.82, 2.24) is 14.8 Å². The van der Waals surface area contributed by atoms with E-state index in [4.69, 9.17) is 0 Å². The molecular formula is C15H21N3O. The second-order valence-corrected chi connectivity index (χ2v) is 5.55. The van der Waals surface area contributed by atoms with Gasteiger partial charge in [0.2, 0.25) is 0 Å². The molecular weight excluding hydrogens is 238 g/mol. The summed E-state index contributed by atoms with van der Waals surface area (Å²) in [6.07, 6.45) is 2.66. The minimum atomic E-state index is -0.818. The Morgan fingerprint density at radius 1 is 1.21 bits per heavy atom. The van der Waals surface area contributed by atoms with E-state index in [0.717, 1.165) is 11.4 Å². The fourth-order valence-electron chi connectivity index (χ4n) is 2.27. The lowest BCUT2D eigenvalue weighted by Gasteiger charge is -2.23. The highest BCUT2D eigenvalue weighted by atomic mass is 16.3. The summed E-state index contributed by atoms with van der Waals surface area (Å²) in [6.45, 7) is 5.97. The molecule has 0 fully saturated rings. The minimum absolute atomic E-state index is 0.255. The van der Waals surface area contributed by atoms with Gasteiger partial charge in [-0.15, -0.1) is 0 Å². The van der Waals surface area contributed by atoms with Crippen LogP contribution >= 0.6 is 0 Å². The van der Waals surface area contributed by atoms with E-state index < -0.39 is 5.60 Å². The maximum absolute atomic E-state index is 10.6. The van der Waals surface area contributed by atoms with Gasteiger partial charge in [0.05, 0.1) is 5.60 Å². The highest BCUT2D eigenvalue weighted by molar-refractivity contribution is 5.17. The lowest BCUT2D eigenvalue weighted by Crippen LogP contribution is -2.32. The van der Waals surface area contributed by atoms with Gasteiger partial charge in [0.25, 0.3) is 0 Å². The van der Waals surface area contributed by atoms with Crippen molar-refractivity contribution in [1.29, 1.82) is 0 Å². The molecule has 1 heterocycles. The summed E-state index contributed by atoms with van der Waals surface area (Å²) >= 11 is 0. The predicted octanol–water partition coefficient (Wildman–Crippen LogP) is 2.40. The molecule has 0 spiro atoms. The smallest absolute Gasteiger partial charge is 0.138 e. The fraction of sp³-hybridized carbons (Fsp3) is 0.467. The molecule has 102 valence electrons. The van der Waals surface area contributed by atoms with Crippen LogP contribution in [0, 0.1) is 0 Å². The molecule has 19 heavy (non-hydrogen) atoms. The van der Waals surface area contributed by atoms with Gasteiger partial charge in [-0.2, -0.15) is 5.10 Å². The first kappa shape index (κ1) is 13.7. The van der Waals surface area contributed by atoms with Crippen LogP contribution in [0.25, 0.3) is 0 Å². The van der Waals surface area contributed by atoms with Crippen LogP contribution in [0.3, 0.4) is 0 Å². The van der Waals surface area contributed by atoms with Crippen LogP contribution < -0.4 is 0 Å². The second-order valence-electron chi connectivity index (χ2n) is 5.55. The maximum Gasteiger partial charge on any atom is 0.138 e. The third kappa shape index (κ3) is 3.64. The molecule has 4 nitrogen and oxygen atoms in total. The van der Waals surface area contributed by atoms with Crippen molar-refractivity contribution >= 4 is 0 Å². The first-order valence-corrected chi connectivity index (χ1v) is 6.63. The van der Waals surface area contributed by atoms with Crippen LogP contribution in [0.1, 0.15) is 38.2 Å². The molecule has 0 aliphatic heterocycles. The van der Waals surface area contributed by atoms with Gasteiger partial charge in [-0.05, 0) is 26.3 Å². The van der Waals surface area contributed by atoms with Crippen LogP contribution in [0.15, 0.2) is 36.7 Å². The van der Waals surface area contributed by atoms with Crippen molar-refractivity contribution in [3.8, 4) is 0 Å². The Balaban J connectivity index is 2.10. The Kier molecular flexibility index (Phi) is 4.00. The molecule has 0 aliphatic carbocycles. The van der Waals surface area contributed by atoms with Crippen molar-refractivity contribution in [2.24, 2.45) is 0 Å². The molecule has 0 saturated heterocycles. The van der Waals surface area contributed by atoms with E-state index in [2.05, 4.69) is 23.9 Å². The van der Waals surface area contributed by atoms with Crippen LogP contribution in [0.5, 0.6) is 0 Å². The lowest BCUT2D eigenvalue weighted by atomic mass is 9.93. The molecule has 0 saturated carbocycles. The van der Waals surface area contributed by atoms with Crippen LogP contribution in [-0.2, 0) is 12.8 Å². The van der Waals surface area contributed by atoms with E-state index in [1.807, 2.05) is 41.9 Å². The fourth-order valence-corrected chi connectivity index (χ4v) is 2.27. The zero-order chi connectivity index (χ0) is 13.9. The summed E-state index contributed by atoms with van der Waals surface area (Å²) in [5.41, 5.74) is 0.309. The van der Waals surface area contributed by atoms with Crippen LogP contribution in [-0.4, -0.2) is 25.5 Å². The number of nitrogens with zero attached hydrogens (tertiary/aromatic N) is 3. The van der Waals surface area contributed by atoms with Crippen LogP contribution in [0.4, 0.5) is 0 Å². The first-order valence-electron chi connectivity index (χ1n) is 6.63. The predicted molar refractivity (Wildman–Crippen MR) is 74.9 cm³/mol. The van der Waals surface area contributed by atoms with Crippen molar-refractivity contribution in [3.05, 3.63) is 48.0 Å². The molecule has 0 bridgehead atoms. The molecule has 0 radical (unpaired) electrons. The number of rotatable bonds is 5. The monoisotopic (exact) mass is 259 g/mol. The molecule has 0 amide bonds. The summed E-state index contributed by atoms with van der Waals surface area (Å²) in [5, 5.41) is 14.8. The second kappa shape index (κ2) is 5.53. The molecule has 1 aromatic carbocycles. The summed E-state index contributed by atoms with van der Waals surface area (Å²) in [5.74, 6) is 0.830. The topological polar surface area (TPSA) is 50.9 Å². The molecule has 1 unspecified atom stereocenters. The van der Waals surface area contributed by atoms with E-state index in [-0.39, 0.29) is 6.04 Å². The Labute approximate surface area is 114 Å². The van der Waals surface area contributed by atoms with Crippen molar-refractivity contribution in [3.63, 3.8) is 0 Å². The maximum atomic E-state index is 10.6.